The van der Waals surface area contributed by atoms with E-state index < -0.39 is 0 Å². The maximum absolute atomic E-state index is 13.3. The summed E-state index contributed by atoms with van der Waals surface area (Å²) in [4.78, 5) is 0. The highest BCUT2D eigenvalue weighted by molar-refractivity contribution is 6.36. The smallest absolute Gasteiger partial charge is 0.150 e. The lowest BCUT2D eigenvalue weighted by molar-refractivity contribution is 0.564. The molecule has 29 heavy (non-hydrogen) atoms. The SMILES string of the molecule is CC/C=C(/NC(=C(C)C)c1ccc(F)cc1)c1ccc(-c2ccc(Cl)cc2Cl)o1. The van der Waals surface area contributed by atoms with Gasteiger partial charge in [0.15, 0.2) is 5.76 Å². The van der Waals surface area contributed by atoms with E-state index in [0.717, 1.165) is 34.5 Å². The van der Waals surface area contributed by atoms with Crippen LogP contribution in [0.4, 0.5) is 4.39 Å². The van der Waals surface area contributed by atoms with Crippen LogP contribution in [0.25, 0.3) is 22.7 Å². The Morgan fingerprint density at radius 2 is 1.76 bits per heavy atom. The molecule has 1 N–H and O–H groups in total. The minimum atomic E-state index is -0.262. The Labute approximate surface area is 180 Å². The van der Waals surface area contributed by atoms with Crippen LogP contribution in [0.5, 0.6) is 0 Å². The van der Waals surface area contributed by atoms with Crippen molar-refractivity contribution in [2.75, 3.05) is 0 Å². The molecule has 3 aromatic rings. The number of rotatable bonds is 6. The van der Waals surface area contributed by atoms with E-state index in [-0.39, 0.29) is 5.82 Å². The van der Waals surface area contributed by atoms with Crippen molar-refractivity contribution < 1.29 is 8.81 Å². The van der Waals surface area contributed by atoms with Crippen LogP contribution in [0.15, 0.2) is 70.7 Å². The van der Waals surface area contributed by atoms with Crippen LogP contribution in [0.1, 0.15) is 38.5 Å². The molecule has 0 fully saturated rings. The molecule has 0 aliphatic carbocycles. The molecule has 1 heterocycles. The molecular weight excluding hydrogens is 408 g/mol. The second-order valence-corrected chi connectivity index (χ2v) is 7.66. The molecule has 2 aromatic carbocycles. The summed E-state index contributed by atoms with van der Waals surface area (Å²) in [5.74, 6) is 1.08. The van der Waals surface area contributed by atoms with Crippen molar-refractivity contribution in [1.82, 2.24) is 5.32 Å². The summed E-state index contributed by atoms with van der Waals surface area (Å²) in [6.45, 7) is 6.08. The third kappa shape index (κ3) is 5.11. The normalized spacial score (nSPS) is 11.4. The van der Waals surface area contributed by atoms with E-state index in [1.54, 1.807) is 24.3 Å². The molecule has 3 rings (SSSR count). The number of hydrogen-bond acceptors (Lipinski definition) is 2. The van der Waals surface area contributed by atoms with Crippen LogP contribution in [0, 0.1) is 5.82 Å². The Kier molecular flexibility index (Phi) is 6.83. The zero-order chi connectivity index (χ0) is 21.0. The molecule has 0 bridgehead atoms. The predicted molar refractivity (Wildman–Crippen MR) is 120 cm³/mol. The van der Waals surface area contributed by atoms with Gasteiger partial charge in [0.2, 0.25) is 0 Å². The van der Waals surface area contributed by atoms with Gasteiger partial charge in [-0.25, -0.2) is 4.39 Å². The first-order chi connectivity index (χ1) is 13.9. The zero-order valence-corrected chi connectivity index (χ0v) is 18.0. The van der Waals surface area contributed by atoms with E-state index in [0.29, 0.717) is 21.6 Å². The fourth-order valence-corrected chi connectivity index (χ4v) is 3.47. The number of furan rings is 1. The van der Waals surface area contributed by atoms with Gasteiger partial charge in [-0.05, 0) is 80.4 Å². The Hall–Kier alpha value is -2.49. The van der Waals surface area contributed by atoms with Crippen LogP contribution in [0.2, 0.25) is 10.0 Å². The van der Waals surface area contributed by atoms with Crippen LogP contribution < -0.4 is 5.32 Å². The molecule has 0 amide bonds. The summed E-state index contributed by atoms with van der Waals surface area (Å²) >= 11 is 12.3. The third-order valence-electron chi connectivity index (χ3n) is 4.37. The van der Waals surface area contributed by atoms with Gasteiger partial charge in [-0.2, -0.15) is 0 Å². The second kappa shape index (κ2) is 9.34. The Bertz CT molecular complexity index is 1060. The van der Waals surface area contributed by atoms with E-state index >= 15 is 0 Å². The van der Waals surface area contributed by atoms with E-state index in [4.69, 9.17) is 27.6 Å². The van der Waals surface area contributed by atoms with Gasteiger partial charge in [0.05, 0.1) is 10.7 Å². The fourth-order valence-electron chi connectivity index (χ4n) is 2.97. The monoisotopic (exact) mass is 429 g/mol. The fraction of sp³-hybridized carbons (Fsp3) is 0.167. The number of benzene rings is 2. The molecular formula is C24H22Cl2FNO. The average molecular weight is 430 g/mol. The summed E-state index contributed by atoms with van der Waals surface area (Å²) in [7, 11) is 0. The average Bonchev–Trinajstić information content (AvgIpc) is 3.15. The van der Waals surface area contributed by atoms with E-state index in [1.807, 2.05) is 32.0 Å². The maximum atomic E-state index is 13.3. The molecule has 1 aromatic heterocycles. The van der Waals surface area contributed by atoms with E-state index in [9.17, 15) is 4.39 Å². The first-order valence-electron chi connectivity index (χ1n) is 9.35. The first kappa shape index (κ1) is 21.2. The lowest BCUT2D eigenvalue weighted by Gasteiger charge is -2.16. The van der Waals surface area contributed by atoms with Crippen molar-refractivity contribution in [1.29, 1.82) is 0 Å². The third-order valence-corrected chi connectivity index (χ3v) is 4.92. The van der Waals surface area contributed by atoms with Gasteiger partial charge in [0, 0.05) is 16.3 Å². The summed E-state index contributed by atoms with van der Waals surface area (Å²) in [6.07, 6.45) is 2.87. The van der Waals surface area contributed by atoms with Gasteiger partial charge >= 0.3 is 0 Å². The van der Waals surface area contributed by atoms with Crippen LogP contribution in [0.3, 0.4) is 0 Å². The highest BCUT2D eigenvalue weighted by atomic mass is 35.5. The van der Waals surface area contributed by atoms with Gasteiger partial charge in [-0.15, -0.1) is 0 Å². The van der Waals surface area contributed by atoms with Crippen LogP contribution >= 0.6 is 23.2 Å². The summed E-state index contributed by atoms with van der Waals surface area (Å²) in [5.41, 5.74) is 4.50. The quantitative estimate of drug-likeness (QED) is 0.427. The maximum Gasteiger partial charge on any atom is 0.150 e. The second-order valence-electron chi connectivity index (χ2n) is 6.82. The number of nitrogens with one attached hydrogen (secondary N) is 1. The summed E-state index contributed by atoms with van der Waals surface area (Å²) < 4.78 is 19.4. The predicted octanol–water partition coefficient (Wildman–Crippen LogP) is 8.18. The highest BCUT2D eigenvalue weighted by Crippen LogP contribution is 2.33. The van der Waals surface area contributed by atoms with Gasteiger partial charge in [-0.3, -0.25) is 0 Å². The van der Waals surface area contributed by atoms with Gasteiger partial charge in [0.1, 0.15) is 11.6 Å². The number of halogens is 3. The lowest BCUT2D eigenvalue weighted by atomic mass is 10.1. The summed E-state index contributed by atoms with van der Waals surface area (Å²) in [5, 5.41) is 4.57. The van der Waals surface area contributed by atoms with E-state index in [1.165, 1.54) is 12.1 Å². The van der Waals surface area contributed by atoms with Crippen molar-refractivity contribution in [2.45, 2.75) is 27.2 Å². The Morgan fingerprint density at radius 3 is 2.38 bits per heavy atom. The standard InChI is InChI=1S/C24H22Cl2FNO/c1-4-5-21(28-24(15(2)3)16-6-9-18(27)10-7-16)23-13-12-22(29-23)19-11-8-17(25)14-20(19)26/h5-14,28H,4H2,1-3H3/b21-5+. The topological polar surface area (TPSA) is 25.2 Å². The lowest BCUT2D eigenvalue weighted by Crippen LogP contribution is -2.12. The number of hydrogen-bond donors (Lipinski definition) is 1. The summed E-state index contributed by atoms with van der Waals surface area (Å²) in [6, 6.07) is 15.5. The van der Waals surface area contributed by atoms with Crippen LogP contribution in [-0.4, -0.2) is 0 Å². The molecule has 0 saturated carbocycles. The van der Waals surface area contributed by atoms with Crippen LogP contribution in [-0.2, 0) is 0 Å². The van der Waals surface area contributed by atoms with Crippen molar-refractivity contribution in [3.63, 3.8) is 0 Å². The van der Waals surface area contributed by atoms with Gasteiger partial charge in [-0.1, -0.05) is 41.8 Å². The van der Waals surface area contributed by atoms with E-state index in [2.05, 4.69) is 18.3 Å². The molecule has 0 radical (unpaired) electrons. The minimum absolute atomic E-state index is 0.262. The molecule has 2 nitrogen and oxygen atoms in total. The Morgan fingerprint density at radius 1 is 1.03 bits per heavy atom. The molecule has 0 aliphatic heterocycles. The highest BCUT2D eigenvalue weighted by Gasteiger charge is 2.14. The number of allylic oxidation sites excluding steroid dienone is 2. The molecule has 150 valence electrons. The van der Waals surface area contributed by atoms with Crippen molar-refractivity contribution in [3.05, 3.63) is 93.4 Å². The van der Waals surface area contributed by atoms with Crippen molar-refractivity contribution in [2.24, 2.45) is 0 Å². The largest absolute Gasteiger partial charge is 0.455 e. The molecule has 0 saturated heterocycles. The molecule has 0 atom stereocenters. The Balaban J connectivity index is 1.94. The van der Waals surface area contributed by atoms with Crippen molar-refractivity contribution >= 4 is 34.6 Å². The van der Waals surface area contributed by atoms with Gasteiger partial charge in [0.25, 0.3) is 0 Å². The zero-order valence-electron chi connectivity index (χ0n) is 16.5. The molecule has 0 aliphatic rings. The first-order valence-corrected chi connectivity index (χ1v) is 10.1. The van der Waals surface area contributed by atoms with Crippen molar-refractivity contribution in [3.8, 4) is 11.3 Å². The van der Waals surface area contributed by atoms with Gasteiger partial charge < -0.3 is 9.73 Å². The molecule has 0 unspecified atom stereocenters. The molecule has 0 spiro atoms. The molecule has 5 heteroatoms. The minimum Gasteiger partial charge on any atom is -0.455 e.